The molecule has 0 aliphatic carbocycles. The fourth-order valence-corrected chi connectivity index (χ4v) is 3.21. The van der Waals surface area contributed by atoms with Crippen LogP contribution < -0.4 is 0 Å². The van der Waals surface area contributed by atoms with Gasteiger partial charge < -0.3 is 4.74 Å². The predicted octanol–water partition coefficient (Wildman–Crippen LogP) is 6.28. The van der Waals surface area contributed by atoms with Crippen molar-refractivity contribution in [2.45, 2.75) is 77.9 Å². The van der Waals surface area contributed by atoms with Crippen molar-refractivity contribution in [3.05, 3.63) is 22.3 Å². The molecule has 0 radical (unpaired) electrons. The molecule has 1 aliphatic rings. The van der Waals surface area contributed by atoms with Crippen molar-refractivity contribution >= 4 is 22.6 Å². The molecule has 1 fully saturated rings. The van der Waals surface area contributed by atoms with E-state index in [1.807, 2.05) is 0 Å². The Morgan fingerprint density at radius 3 is 2.70 bits per heavy atom. The number of hydrogen-bond donors (Lipinski definition) is 0. The Kier molecular flexibility index (Phi) is 8.42. The van der Waals surface area contributed by atoms with Gasteiger partial charge in [0, 0.05) is 0 Å². The van der Waals surface area contributed by atoms with Crippen LogP contribution in [0, 0.1) is 11.8 Å². The van der Waals surface area contributed by atoms with Crippen molar-refractivity contribution in [2.24, 2.45) is 11.8 Å². The van der Waals surface area contributed by atoms with Crippen LogP contribution >= 0.6 is 22.6 Å². The molecule has 4 atom stereocenters. The lowest BCUT2D eigenvalue weighted by atomic mass is 9.91. The van der Waals surface area contributed by atoms with Gasteiger partial charge >= 0.3 is 0 Å². The maximum atomic E-state index is 6.16. The first-order valence-electron chi connectivity index (χ1n) is 8.11. The Bertz CT molecular complexity index is 323. The smallest absolute Gasteiger partial charge is 0.0787 e. The summed E-state index contributed by atoms with van der Waals surface area (Å²) in [5.74, 6) is 1.36. The molecule has 1 saturated heterocycles. The van der Waals surface area contributed by atoms with Crippen LogP contribution in [0.5, 0.6) is 0 Å². The molecule has 20 heavy (non-hydrogen) atoms. The molecule has 0 bridgehead atoms. The first kappa shape index (κ1) is 18.2. The van der Waals surface area contributed by atoms with E-state index in [9.17, 15) is 0 Å². The average molecular weight is 390 g/mol. The largest absolute Gasteiger partial charge is 0.370 e. The number of allylic oxidation sites excluding steroid dienone is 1. The summed E-state index contributed by atoms with van der Waals surface area (Å²) in [5, 5.41) is 0. The van der Waals surface area contributed by atoms with Crippen molar-refractivity contribution < 1.29 is 4.74 Å². The summed E-state index contributed by atoms with van der Waals surface area (Å²) >= 11 is 2.35. The lowest BCUT2D eigenvalue weighted by Crippen LogP contribution is -2.13. The third kappa shape index (κ3) is 6.30. The van der Waals surface area contributed by atoms with E-state index in [1.54, 1.807) is 0 Å². The zero-order valence-corrected chi connectivity index (χ0v) is 15.6. The van der Waals surface area contributed by atoms with Gasteiger partial charge in [0.1, 0.15) is 0 Å². The van der Waals surface area contributed by atoms with Gasteiger partial charge in [0.25, 0.3) is 0 Å². The van der Waals surface area contributed by atoms with Gasteiger partial charge in [-0.25, -0.2) is 0 Å². The summed E-state index contributed by atoms with van der Waals surface area (Å²) in [6.45, 7) is 15.1. The van der Waals surface area contributed by atoms with Gasteiger partial charge in [-0.1, -0.05) is 46.8 Å². The fourth-order valence-electron chi connectivity index (χ4n) is 2.96. The lowest BCUT2D eigenvalue weighted by molar-refractivity contribution is 0.0389. The van der Waals surface area contributed by atoms with Gasteiger partial charge in [0.05, 0.1) is 12.2 Å². The number of ether oxygens (including phenoxy) is 1. The van der Waals surface area contributed by atoms with Crippen LogP contribution in [-0.4, -0.2) is 12.2 Å². The van der Waals surface area contributed by atoms with E-state index in [2.05, 4.69) is 56.5 Å². The standard InChI is InChI=1S/C18H31IO/c1-6-7-8-17-12-15(4)18(20-17)10-9-13(2)11-14(3)16(5)19/h13-14,17-18H,4-12H2,1-3H3. The van der Waals surface area contributed by atoms with Gasteiger partial charge in [0.2, 0.25) is 0 Å². The number of rotatable bonds is 9. The molecule has 0 aromatic heterocycles. The maximum absolute atomic E-state index is 6.16. The molecule has 116 valence electrons. The Morgan fingerprint density at radius 1 is 1.40 bits per heavy atom. The molecule has 1 nitrogen and oxygen atoms in total. The summed E-state index contributed by atoms with van der Waals surface area (Å²) in [7, 11) is 0. The first-order chi connectivity index (χ1) is 9.43. The van der Waals surface area contributed by atoms with E-state index in [0.717, 1.165) is 18.8 Å². The third-order valence-corrected chi connectivity index (χ3v) is 5.46. The second-order valence-electron chi connectivity index (χ2n) is 6.52. The monoisotopic (exact) mass is 390 g/mol. The lowest BCUT2D eigenvalue weighted by Gasteiger charge is -2.19. The van der Waals surface area contributed by atoms with E-state index in [4.69, 9.17) is 4.74 Å². The van der Waals surface area contributed by atoms with Gasteiger partial charge in [-0.05, 0) is 75.7 Å². The minimum Gasteiger partial charge on any atom is -0.370 e. The summed E-state index contributed by atoms with van der Waals surface area (Å²) in [4.78, 5) is 0. The van der Waals surface area contributed by atoms with Gasteiger partial charge in [-0.2, -0.15) is 0 Å². The molecule has 1 rings (SSSR count). The molecule has 1 heterocycles. The van der Waals surface area contributed by atoms with Crippen LogP contribution in [0.3, 0.4) is 0 Å². The molecule has 0 N–H and O–H groups in total. The van der Waals surface area contributed by atoms with Crippen LogP contribution in [0.1, 0.15) is 65.7 Å². The fraction of sp³-hybridized carbons (Fsp3) is 0.778. The van der Waals surface area contributed by atoms with Crippen molar-refractivity contribution in [3.8, 4) is 0 Å². The highest BCUT2D eigenvalue weighted by atomic mass is 127. The minimum atomic E-state index is 0.317. The first-order valence-corrected chi connectivity index (χ1v) is 9.19. The minimum absolute atomic E-state index is 0.317. The van der Waals surface area contributed by atoms with E-state index in [1.165, 1.54) is 41.3 Å². The predicted molar refractivity (Wildman–Crippen MR) is 97.3 cm³/mol. The Labute approximate surface area is 139 Å². The summed E-state index contributed by atoms with van der Waals surface area (Å²) in [6, 6.07) is 0. The van der Waals surface area contributed by atoms with Crippen LogP contribution in [-0.2, 0) is 4.74 Å². The van der Waals surface area contributed by atoms with Gasteiger partial charge in [-0.3, -0.25) is 0 Å². The normalized spacial score (nSPS) is 25.7. The second kappa shape index (κ2) is 9.24. The SMILES string of the molecule is C=C(I)C(C)CC(C)CCC1OC(CCCC)CC1=C. The summed E-state index contributed by atoms with van der Waals surface area (Å²) in [6.07, 6.45) is 9.19. The summed E-state index contributed by atoms with van der Waals surface area (Å²) < 4.78 is 7.43. The number of hydrogen-bond acceptors (Lipinski definition) is 1. The number of halogens is 1. The highest BCUT2D eigenvalue weighted by Crippen LogP contribution is 2.32. The van der Waals surface area contributed by atoms with E-state index in [-0.39, 0.29) is 0 Å². The zero-order chi connectivity index (χ0) is 15.1. The Balaban J connectivity index is 2.27. The Morgan fingerprint density at radius 2 is 2.10 bits per heavy atom. The van der Waals surface area contributed by atoms with Crippen molar-refractivity contribution in [1.29, 1.82) is 0 Å². The molecule has 0 aromatic rings. The van der Waals surface area contributed by atoms with Crippen molar-refractivity contribution in [2.75, 3.05) is 0 Å². The molecular formula is C18H31IO. The van der Waals surface area contributed by atoms with Crippen LogP contribution in [0.25, 0.3) is 0 Å². The third-order valence-electron chi connectivity index (χ3n) is 4.39. The summed E-state index contributed by atoms with van der Waals surface area (Å²) in [5.41, 5.74) is 1.32. The number of unbranched alkanes of at least 4 members (excludes halogenated alkanes) is 1. The Hall–Kier alpha value is 0.170. The quantitative estimate of drug-likeness (QED) is 0.332. The molecular weight excluding hydrogens is 359 g/mol. The van der Waals surface area contributed by atoms with Crippen molar-refractivity contribution in [1.82, 2.24) is 0 Å². The molecule has 4 unspecified atom stereocenters. The van der Waals surface area contributed by atoms with Gasteiger partial charge in [0.15, 0.2) is 0 Å². The van der Waals surface area contributed by atoms with Gasteiger partial charge in [-0.15, -0.1) is 0 Å². The van der Waals surface area contributed by atoms with Crippen molar-refractivity contribution in [3.63, 3.8) is 0 Å². The average Bonchev–Trinajstić information content (AvgIpc) is 2.74. The van der Waals surface area contributed by atoms with E-state index >= 15 is 0 Å². The zero-order valence-electron chi connectivity index (χ0n) is 13.5. The highest BCUT2D eigenvalue weighted by Gasteiger charge is 2.28. The van der Waals surface area contributed by atoms with Crippen LogP contribution in [0.2, 0.25) is 0 Å². The van der Waals surface area contributed by atoms with Crippen LogP contribution in [0.4, 0.5) is 0 Å². The molecule has 0 aromatic carbocycles. The van der Waals surface area contributed by atoms with E-state index in [0.29, 0.717) is 18.1 Å². The molecule has 1 aliphatic heterocycles. The highest BCUT2D eigenvalue weighted by molar-refractivity contribution is 14.1. The molecule has 0 amide bonds. The van der Waals surface area contributed by atoms with Crippen LogP contribution in [0.15, 0.2) is 22.3 Å². The molecule has 0 spiro atoms. The second-order valence-corrected chi connectivity index (χ2v) is 7.90. The topological polar surface area (TPSA) is 9.23 Å². The van der Waals surface area contributed by atoms with E-state index < -0.39 is 0 Å². The molecule has 0 saturated carbocycles. The molecule has 2 heteroatoms. The maximum Gasteiger partial charge on any atom is 0.0787 e.